The molecular formula is C16H18BrFN2. The van der Waals surface area contributed by atoms with Gasteiger partial charge in [0.1, 0.15) is 5.82 Å². The molecule has 1 aromatic heterocycles. The van der Waals surface area contributed by atoms with E-state index >= 15 is 0 Å². The summed E-state index contributed by atoms with van der Waals surface area (Å²) in [6.45, 7) is 4.21. The number of pyridine rings is 1. The zero-order chi connectivity index (χ0) is 14.5. The van der Waals surface area contributed by atoms with Gasteiger partial charge >= 0.3 is 0 Å². The highest BCUT2D eigenvalue weighted by molar-refractivity contribution is 9.10. The minimum atomic E-state index is -0.301. The Morgan fingerprint density at radius 2 is 1.90 bits per heavy atom. The van der Waals surface area contributed by atoms with Gasteiger partial charge in [-0.15, -0.1) is 0 Å². The van der Waals surface area contributed by atoms with E-state index in [1.54, 1.807) is 6.07 Å². The molecule has 0 amide bonds. The maximum Gasteiger partial charge on any atom is 0.141 e. The number of nitrogens with one attached hydrogen (secondary N) is 1. The summed E-state index contributed by atoms with van der Waals surface area (Å²) in [6.07, 6.45) is 2.17. The Morgan fingerprint density at radius 1 is 1.20 bits per heavy atom. The van der Waals surface area contributed by atoms with Crippen molar-refractivity contribution in [3.8, 4) is 0 Å². The minimum absolute atomic E-state index is 0.120. The lowest BCUT2D eigenvalue weighted by atomic mass is 10.0. The maximum atomic E-state index is 12.9. The molecule has 0 fully saturated rings. The molecule has 2 atom stereocenters. The van der Waals surface area contributed by atoms with Crippen molar-refractivity contribution in [3.05, 3.63) is 64.1 Å². The Balaban J connectivity index is 2.09. The van der Waals surface area contributed by atoms with E-state index in [0.717, 1.165) is 16.6 Å². The van der Waals surface area contributed by atoms with Crippen LogP contribution in [0.3, 0.4) is 0 Å². The lowest BCUT2D eigenvalue weighted by Crippen LogP contribution is -2.25. The molecule has 1 heterocycles. The molecule has 1 unspecified atom stereocenters. The van der Waals surface area contributed by atoms with Crippen LogP contribution in [0.4, 0.5) is 4.39 Å². The predicted molar refractivity (Wildman–Crippen MR) is 82.9 cm³/mol. The van der Waals surface area contributed by atoms with Crippen molar-refractivity contribution in [2.24, 2.45) is 0 Å². The smallest absolute Gasteiger partial charge is 0.141 e. The number of aromatic nitrogens is 1. The summed E-state index contributed by atoms with van der Waals surface area (Å²) in [5.41, 5.74) is 2.09. The second kappa shape index (κ2) is 6.95. The van der Waals surface area contributed by atoms with Crippen molar-refractivity contribution in [1.29, 1.82) is 0 Å². The van der Waals surface area contributed by atoms with Crippen LogP contribution in [0, 0.1) is 5.82 Å². The van der Waals surface area contributed by atoms with Crippen molar-refractivity contribution in [2.45, 2.75) is 32.4 Å². The van der Waals surface area contributed by atoms with Gasteiger partial charge in [0.05, 0.1) is 11.9 Å². The monoisotopic (exact) mass is 336 g/mol. The van der Waals surface area contributed by atoms with Gasteiger partial charge < -0.3 is 5.32 Å². The van der Waals surface area contributed by atoms with Crippen LogP contribution < -0.4 is 5.32 Å². The van der Waals surface area contributed by atoms with Gasteiger partial charge in [-0.25, -0.2) is 4.39 Å². The Hall–Kier alpha value is -1.26. The van der Waals surface area contributed by atoms with Crippen LogP contribution in [-0.2, 0) is 0 Å². The van der Waals surface area contributed by atoms with Crippen LogP contribution in [0.2, 0.25) is 0 Å². The van der Waals surface area contributed by atoms with Gasteiger partial charge in [0.15, 0.2) is 0 Å². The van der Waals surface area contributed by atoms with E-state index in [-0.39, 0.29) is 17.9 Å². The zero-order valence-corrected chi connectivity index (χ0v) is 13.2. The summed E-state index contributed by atoms with van der Waals surface area (Å²) in [5.74, 6) is -0.301. The molecule has 0 bridgehead atoms. The topological polar surface area (TPSA) is 24.9 Å². The number of rotatable bonds is 5. The van der Waals surface area contributed by atoms with E-state index in [4.69, 9.17) is 0 Å². The highest BCUT2D eigenvalue weighted by Crippen LogP contribution is 2.22. The minimum Gasteiger partial charge on any atom is -0.302 e. The summed E-state index contributed by atoms with van der Waals surface area (Å²) in [7, 11) is 0. The van der Waals surface area contributed by atoms with Gasteiger partial charge in [0.2, 0.25) is 0 Å². The molecule has 0 aliphatic carbocycles. The molecule has 0 saturated heterocycles. The Morgan fingerprint density at radius 3 is 2.45 bits per heavy atom. The van der Waals surface area contributed by atoms with Crippen LogP contribution in [0.25, 0.3) is 0 Å². The van der Waals surface area contributed by atoms with Gasteiger partial charge in [-0.1, -0.05) is 35.0 Å². The van der Waals surface area contributed by atoms with Gasteiger partial charge in [0, 0.05) is 16.6 Å². The molecular weight excluding hydrogens is 319 g/mol. The van der Waals surface area contributed by atoms with Gasteiger partial charge in [-0.3, -0.25) is 4.98 Å². The molecule has 0 aliphatic rings. The Labute approximate surface area is 127 Å². The van der Waals surface area contributed by atoms with Gasteiger partial charge in [-0.05, 0) is 43.2 Å². The average molecular weight is 337 g/mol. The average Bonchev–Trinajstić information content (AvgIpc) is 2.46. The lowest BCUT2D eigenvalue weighted by molar-refractivity contribution is 0.447. The zero-order valence-electron chi connectivity index (χ0n) is 11.6. The van der Waals surface area contributed by atoms with Crippen LogP contribution in [0.1, 0.15) is 43.6 Å². The van der Waals surface area contributed by atoms with E-state index in [1.807, 2.05) is 12.1 Å². The lowest BCUT2D eigenvalue weighted by Gasteiger charge is -2.22. The number of nitrogens with zero attached hydrogens (tertiary/aromatic N) is 1. The maximum absolute atomic E-state index is 12.9. The van der Waals surface area contributed by atoms with E-state index in [0.29, 0.717) is 0 Å². The summed E-state index contributed by atoms with van der Waals surface area (Å²) >= 11 is 3.44. The number of halogens is 2. The number of hydrogen-bond acceptors (Lipinski definition) is 2. The van der Waals surface area contributed by atoms with Crippen molar-refractivity contribution in [1.82, 2.24) is 10.3 Å². The van der Waals surface area contributed by atoms with Crippen molar-refractivity contribution >= 4 is 15.9 Å². The molecule has 2 aromatic rings. The first-order chi connectivity index (χ1) is 9.60. The molecule has 1 aromatic carbocycles. The fourth-order valence-electron chi connectivity index (χ4n) is 2.16. The molecule has 0 spiro atoms. The highest BCUT2D eigenvalue weighted by Gasteiger charge is 2.14. The van der Waals surface area contributed by atoms with E-state index in [2.05, 4.69) is 52.2 Å². The fraction of sp³-hybridized carbons (Fsp3) is 0.312. The first kappa shape index (κ1) is 15.1. The van der Waals surface area contributed by atoms with Crippen LogP contribution >= 0.6 is 15.9 Å². The Kier molecular flexibility index (Phi) is 5.26. The number of hydrogen-bond donors (Lipinski definition) is 1. The van der Waals surface area contributed by atoms with E-state index < -0.39 is 0 Å². The van der Waals surface area contributed by atoms with Crippen LogP contribution in [0.15, 0.2) is 47.1 Å². The fourth-order valence-corrected chi connectivity index (χ4v) is 2.42. The molecule has 0 saturated carbocycles. The van der Waals surface area contributed by atoms with Gasteiger partial charge in [-0.2, -0.15) is 0 Å². The molecule has 0 aliphatic heterocycles. The standard InChI is InChI=1S/C16H18BrFN2/c1-3-15(16-9-8-14(18)10-19-16)20-11(2)12-4-6-13(17)7-5-12/h4-11,15,20H,3H2,1-2H3/t11-,15?/m0/s1. The largest absolute Gasteiger partial charge is 0.302 e. The first-order valence-corrected chi connectivity index (χ1v) is 7.52. The van der Waals surface area contributed by atoms with E-state index in [9.17, 15) is 4.39 Å². The summed E-state index contributed by atoms with van der Waals surface area (Å²) < 4.78 is 14.0. The highest BCUT2D eigenvalue weighted by atomic mass is 79.9. The third kappa shape index (κ3) is 3.87. The molecule has 106 valence electrons. The normalized spacial score (nSPS) is 14.0. The van der Waals surface area contributed by atoms with Crippen LogP contribution in [0.5, 0.6) is 0 Å². The van der Waals surface area contributed by atoms with Crippen molar-refractivity contribution in [3.63, 3.8) is 0 Å². The second-order valence-corrected chi connectivity index (χ2v) is 5.72. The number of benzene rings is 1. The third-order valence-corrected chi connectivity index (χ3v) is 3.87. The van der Waals surface area contributed by atoms with Crippen LogP contribution in [-0.4, -0.2) is 4.98 Å². The second-order valence-electron chi connectivity index (χ2n) is 4.80. The molecule has 2 rings (SSSR count). The van der Waals surface area contributed by atoms with Crippen molar-refractivity contribution < 1.29 is 4.39 Å². The summed E-state index contributed by atoms with van der Waals surface area (Å²) in [5, 5.41) is 3.54. The summed E-state index contributed by atoms with van der Waals surface area (Å²) in [4.78, 5) is 4.17. The summed E-state index contributed by atoms with van der Waals surface area (Å²) in [6, 6.07) is 11.8. The molecule has 2 nitrogen and oxygen atoms in total. The quantitative estimate of drug-likeness (QED) is 0.849. The van der Waals surface area contributed by atoms with Gasteiger partial charge in [0.25, 0.3) is 0 Å². The van der Waals surface area contributed by atoms with E-state index in [1.165, 1.54) is 17.8 Å². The van der Waals surface area contributed by atoms with Crippen molar-refractivity contribution in [2.75, 3.05) is 0 Å². The molecule has 4 heteroatoms. The SMILES string of the molecule is CCC(N[C@@H](C)c1ccc(Br)cc1)c1ccc(F)cn1. The molecule has 20 heavy (non-hydrogen) atoms. The Bertz CT molecular complexity index is 539. The third-order valence-electron chi connectivity index (χ3n) is 3.34. The molecule has 0 radical (unpaired) electrons. The first-order valence-electron chi connectivity index (χ1n) is 6.73. The predicted octanol–water partition coefficient (Wildman–Crippen LogP) is 4.79. The molecule has 1 N–H and O–H groups in total.